The minimum absolute atomic E-state index is 0.0835. The first-order chi connectivity index (χ1) is 9.25. The lowest BCUT2D eigenvalue weighted by atomic mass is 10.1. The van der Waals surface area contributed by atoms with Crippen LogP contribution in [0.1, 0.15) is 25.0 Å². The standard InChI is InChI=1S/C12H12N4O2S/c17-9-2-1-3-10(18)16(9)5-4-8-11-12(14-6-13-8)19-7-15-11/h6-7H,1-5H2. The molecule has 0 bridgehead atoms. The number of piperidine rings is 1. The molecule has 0 spiro atoms. The number of likely N-dealkylation sites (tertiary alicyclic amines) is 1. The molecule has 0 aromatic carbocycles. The van der Waals surface area contributed by atoms with Gasteiger partial charge in [-0.1, -0.05) is 0 Å². The van der Waals surface area contributed by atoms with E-state index < -0.39 is 0 Å². The molecule has 1 fully saturated rings. The molecule has 3 heterocycles. The molecule has 2 amide bonds. The maximum Gasteiger partial charge on any atom is 0.229 e. The van der Waals surface area contributed by atoms with E-state index in [-0.39, 0.29) is 11.8 Å². The number of hydrogen-bond donors (Lipinski definition) is 0. The van der Waals surface area contributed by atoms with E-state index in [1.165, 1.54) is 22.6 Å². The van der Waals surface area contributed by atoms with E-state index in [0.717, 1.165) is 16.0 Å². The summed E-state index contributed by atoms with van der Waals surface area (Å²) in [4.78, 5) is 38.1. The fourth-order valence-corrected chi connectivity index (χ4v) is 2.84. The Balaban J connectivity index is 1.77. The van der Waals surface area contributed by atoms with E-state index >= 15 is 0 Å². The van der Waals surface area contributed by atoms with Gasteiger partial charge in [-0.2, -0.15) is 0 Å². The Morgan fingerprint density at radius 2 is 1.95 bits per heavy atom. The number of rotatable bonds is 3. The smallest absolute Gasteiger partial charge is 0.229 e. The first kappa shape index (κ1) is 12.2. The Hall–Kier alpha value is -1.89. The third-order valence-corrected chi connectivity index (χ3v) is 3.90. The van der Waals surface area contributed by atoms with Gasteiger partial charge in [0, 0.05) is 25.8 Å². The normalized spacial score (nSPS) is 16.3. The quantitative estimate of drug-likeness (QED) is 0.786. The Morgan fingerprint density at radius 3 is 2.74 bits per heavy atom. The zero-order chi connectivity index (χ0) is 13.2. The van der Waals surface area contributed by atoms with Gasteiger partial charge in [0.05, 0.1) is 11.2 Å². The van der Waals surface area contributed by atoms with Crippen LogP contribution >= 0.6 is 11.3 Å². The summed E-state index contributed by atoms with van der Waals surface area (Å²) in [6.07, 6.45) is 3.61. The molecule has 2 aromatic rings. The fourth-order valence-electron chi connectivity index (χ4n) is 2.19. The summed E-state index contributed by atoms with van der Waals surface area (Å²) in [5, 5.41) is 0. The predicted octanol–water partition coefficient (Wildman–Crippen LogP) is 1.17. The number of nitrogens with zero attached hydrogens (tertiary/aromatic N) is 4. The Morgan fingerprint density at radius 1 is 1.16 bits per heavy atom. The molecule has 0 unspecified atom stereocenters. The second-order valence-electron chi connectivity index (χ2n) is 4.37. The summed E-state index contributed by atoms with van der Waals surface area (Å²) in [5.74, 6) is -0.167. The van der Waals surface area contributed by atoms with Crippen LogP contribution in [-0.2, 0) is 16.0 Å². The van der Waals surface area contributed by atoms with E-state index in [0.29, 0.717) is 32.2 Å². The van der Waals surface area contributed by atoms with Gasteiger partial charge in [0.1, 0.15) is 16.7 Å². The number of amides is 2. The second-order valence-corrected chi connectivity index (χ2v) is 5.20. The third kappa shape index (κ3) is 2.33. The van der Waals surface area contributed by atoms with Crippen LogP contribution in [0.15, 0.2) is 11.8 Å². The average Bonchev–Trinajstić information content (AvgIpc) is 2.87. The van der Waals surface area contributed by atoms with Crippen molar-refractivity contribution in [2.45, 2.75) is 25.7 Å². The van der Waals surface area contributed by atoms with Crippen LogP contribution in [0.3, 0.4) is 0 Å². The monoisotopic (exact) mass is 276 g/mol. The van der Waals surface area contributed by atoms with Gasteiger partial charge in [-0.15, -0.1) is 11.3 Å². The van der Waals surface area contributed by atoms with Crippen molar-refractivity contribution in [3.63, 3.8) is 0 Å². The van der Waals surface area contributed by atoms with Crippen LogP contribution in [0.4, 0.5) is 0 Å². The maximum atomic E-state index is 11.7. The maximum absolute atomic E-state index is 11.7. The molecule has 2 aromatic heterocycles. The van der Waals surface area contributed by atoms with Gasteiger partial charge < -0.3 is 0 Å². The van der Waals surface area contributed by atoms with Gasteiger partial charge in [0.25, 0.3) is 0 Å². The summed E-state index contributed by atoms with van der Waals surface area (Å²) < 4.78 is 0. The highest BCUT2D eigenvalue weighted by atomic mass is 32.1. The van der Waals surface area contributed by atoms with Gasteiger partial charge in [0.2, 0.25) is 11.8 Å². The second kappa shape index (κ2) is 5.00. The van der Waals surface area contributed by atoms with Crippen molar-refractivity contribution in [1.29, 1.82) is 0 Å². The van der Waals surface area contributed by atoms with Crippen molar-refractivity contribution in [2.24, 2.45) is 0 Å². The van der Waals surface area contributed by atoms with E-state index in [9.17, 15) is 9.59 Å². The zero-order valence-electron chi connectivity index (χ0n) is 10.2. The minimum atomic E-state index is -0.0835. The Bertz CT molecular complexity index is 623. The number of carbonyl (C=O) groups is 2. The molecule has 0 saturated carbocycles. The Kier molecular flexibility index (Phi) is 3.20. The largest absolute Gasteiger partial charge is 0.282 e. The fraction of sp³-hybridized carbons (Fsp3) is 0.417. The molecule has 6 nitrogen and oxygen atoms in total. The molecule has 1 aliphatic rings. The summed E-state index contributed by atoms with van der Waals surface area (Å²) >= 11 is 1.45. The number of thiazole rings is 1. The van der Waals surface area contributed by atoms with Gasteiger partial charge in [0.15, 0.2) is 0 Å². The van der Waals surface area contributed by atoms with Gasteiger partial charge >= 0.3 is 0 Å². The highest BCUT2D eigenvalue weighted by molar-refractivity contribution is 7.16. The number of fused-ring (bicyclic) bond motifs is 1. The minimum Gasteiger partial charge on any atom is -0.282 e. The lowest BCUT2D eigenvalue weighted by Gasteiger charge is -2.24. The van der Waals surface area contributed by atoms with Crippen LogP contribution in [0, 0.1) is 0 Å². The first-order valence-electron chi connectivity index (χ1n) is 6.12. The summed E-state index contributed by atoms with van der Waals surface area (Å²) in [7, 11) is 0. The highest BCUT2D eigenvalue weighted by Gasteiger charge is 2.25. The topological polar surface area (TPSA) is 76.1 Å². The van der Waals surface area contributed by atoms with Crippen molar-refractivity contribution >= 4 is 33.5 Å². The van der Waals surface area contributed by atoms with Crippen molar-refractivity contribution < 1.29 is 9.59 Å². The zero-order valence-corrected chi connectivity index (χ0v) is 11.0. The lowest BCUT2D eigenvalue weighted by Crippen LogP contribution is -2.41. The van der Waals surface area contributed by atoms with Crippen molar-refractivity contribution in [3.05, 3.63) is 17.5 Å². The van der Waals surface area contributed by atoms with Crippen LogP contribution < -0.4 is 0 Å². The molecule has 0 radical (unpaired) electrons. The molecule has 1 saturated heterocycles. The van der Waals surface area contributed by atoms with E-state index in [1.807, 2.05) is 0 Å². The molecule has 0 aliphatic carbocycles. The van der Waals surface area contributed by atoms with Gasteiger partial charge in [-0.05, 0) is 6.42 Å². The summed E-state index contributed by atoms with van der Waals surface area (Å²) in [6, 6.07) is 0. The molecule has 3 rings (SSSR count). The molecule has 19 heavy (non-hydrogen) atoms. The van der Waals surface area contributed by atoms with Gasteiger partial charge in [-0.25, -0.2) is 15.0 Å². The summed E-state index contributed by atoms with van der Waals surface area (Å²) in [6.45, 7) is 0.376. The average molecular weight is 276 g/mol. The van der Waals surface area contributed by atoms with Crippen LogP contribution in [0.2, 0.25) is 0 Å². The molecular weight excluding hydrogens is 264 g/mol. The predicted molar refractivity (Wildman–Crippen MR) is 69.5 cm³/mol. The molecule has 0 atom stereocenters. The SMILES string of the molecule is O=C1CCCC(=O)N1CCc1ncnc2scnc12. The third-order valence-electron chi connectivity index (χ3n) is 3.17. The van der Waals surface area contributed by atoms with Crippen LogP contribution in [0.5, 0.6) is 0 Å². The van der Waals surface area contributed by atoms with E-state index in [1.54, 1.807) is 5.51 Å². The van der Waals surface area contributed by atoms with E-state index in [4.69, 9.17) is 0 Å². The molecule has 7 heteroatoms. The van der Waals surface area contributed by atoms with Gasteiger partial charge in [-0.3, -0.25) is 14.5 Å². The molecule has 98 valence electrons. The number of carbonyl (C=O) groups excluding carboxylic acids is 2. The highest BCUT2D eigenvalue weighted by Crippen LogP contribution is 2.18. The van der Waals surface area contributed by atoms with Crippen molar-refractivity contribution in [1.82, 2.24) is 19.9 Å². The molecule has 0 N–H and O–H groups in total. The van der Waals surface area contributed by atoms with Crippen molar-refractivity contribution in [2.75, 3.05) is 6.54 Å². The lowest BCUT2D eigenvalue weighted by molar-refractivity contribution is -0.147. The number of imide groups is 1. The molecule has 1 aliphatic heterocycles. The first-order valence-corrected chi connectivity index (χ1v) is 7.00. The summed E-state index contributed by atoms with van der Waals surface area (Å²) in [5.41, 5.74) is 3.28. The molecular formula is C12H12N4O2S. The van der Waals surface area contributed by atoms with Crippen LogP contribution in [-0.4, -0.2) is 38.2 Å². The number of aromatic nitrogens is 3. The van der Waals surface area contributed by atoms with Crippen LogP contribution in [0.25, 0.3) is 10.3 Å². The number of hydrogen-bond acceptors (Lipinski definition) is 6. The Labute approximate surface area is 113 Å². The van der Waals surface area contributed by atoms with E-state index in [2.05, 4.69) is 15.0 Å². The van der Waals surface area contributed by atoms with Crippen molar-refractivity contribution in [3.8, 4) is 0 Å².